The van der Waals surface area contributed by atoms with Crippen molar-refractivity contribution in [2.75, 3.05) is 13.1 Å². The second-order valence-corrected chi connectivity index (χ2v) is 5.36. The van der Waals surface area contributed by atoms with Crippen LogP contribution in [0.5, 0.6) is 0 Å². The molecular weight excluding hydrogens is 264 g/mol. The van der Waals surface area contributed by atoms with Crippen LogP contribution in [0.2, 0.25) is 0 Å². The Morgan fingerprint density at radius 2 is 2.00 bits per heavy atom. The average molecular weight is 284 g/mol. The Morgan fingerprint density at radius 3 is 2.53 bits per heavy atom. The molecule has 0 unspecified atom stereocenters. The fourth-order valence-corrected chi connectivity index (χ4v) is 2.51. The zero-order chi connectivity index (χ0) is 14.3. The molecule has 6 heteroatoms. The normalized spacial score (nSPS) is 10.2. The van der Waals surface area contributed by atoms with Crippen LogP contribution in [-0.2, 0) is 17.8 Å². The predicted molar refractivity (Wildman–Crippen MR) is 75.4 cm³/mol. The van der Waals surface area contributed by atoms with Crippen molar-refractivity contribution in [3.8, 4) is 0 Å². The van der Waals surface area contributed by atoms with Crippen LogP contribution in [0.1, 0.15) is 30.0 Å². The number of aliphatic carboxylic acids is 1. The molecule has 0 aliphatic rings. The number of nitrogens with zero attached hydrogens (tertiary/aromatic N) is 1. The summed E-state index contributed by atoms with van der Waals surface area (Å²) in [6.07, 6.45) is 0.971. The lowest BCUT2D eigenvalue weighted by Gasteiger charge is -2.20. The molecule has 0 aliphatic heterocycles. The standard InChI is InChI=1S/C13H20N2O3S/c1-3-10-5-6-11(19-10)9-14-13(18)15(4-2)8-7-12(16)17/h5-6H,3-4,7-9H2,1-2H3,(H,14,18)(H,16,17). The second-order valence-electron chi connectivity index (χ2n) is 4.10. The highest BCUT2D eigenvalue weighted by molar-refractivity contribution is 7.11. The molecule has 5 nitrogen and oxygen atoms in total. The minimum absolute atomic E-state index is 0.0275. The molecule has 1 aromatic heterocycles. The summed E-state index contributed by atoms with van der Waals surface area (Å²) in [5, 5.41) is 11.4. The van der Waals surface area contributed by atoms with E-state index in [0.29, 0.717) is 13.1 Å². The van der Waals surface area contributed by atoms with Gasteiger partial charge in [-0.25, -0.2) is 4.79 Å². The number of carbonyl (C=O) groups is 2. The highest BCUT2D eigenvalue weighted by atomic mass is 32.1. The van der Waals surface area contributed by atoms with Crippen molar-refractivity contribution >= 4 is 23.3 Å². The summed E-state index contributed by atoms with van der Waals surface area (Å²) in [6.45, 7) is 5.17. The fraction of sp³-hybridized carbons (Fsp3) is 0.538. The maximum Gasteiger partial charge on any atom is 0.317 e. The van der Waals surface area contributed by atoms with Gasteiger partial charge in [-0.1, -0.05) is 6.92 Å². The van der Waals surface area contributed by atoms with Crippen LogP contribution >= 0.6 is 11.3 Å². The van der Waals surface area contributed by atoms with Gasteiger partial charge in [-0.2, -0.15) is 0 Å². The van der Waals surface area contributed by atoms with Gasteiger partial charge in [0.15, 0.2) is 0 Å². The number of amides is 2. The number of urea groups is 1. The van der Waals surface area contributed by atoms with Gasteiger partial charge in [-0.3, -0.25) is 4.79 Å². The molecule has 0 saturated heterocycles. The number of aryl methyl sites for hydroxylation is 1. The van der Waals surface area contributed by atoms with Gasteiger partial charge in [0.05, 0.1) is 13.0 Å². The van der Waals surface area contributed by atoms with Crippen LogP contribution in [-0.4, -0.2) is 35.1 Å². The summed E-state index contributed by atoms with van der Waals surface area (Å²) >= 11 is 1.69. The number of carboxylic acids is 1. The van der Waals surface area contributed by atoms with E-state index < -0.39 is 5.97 Å². The molecule has 2 N–H and O–H groups in total. The van der Waals surface area contributed by atoms with Crippen LogP contribution in [0.25, 0.3) is 0 Å². The third-order valence-corrected chi connectivity index (χ3v) is 3.97. The van der Waals surface area contributed by atoms with E-state index in [4.69, 9.17) is 5.11 Å². The maximum absolute atomic E-state index is 11.9. The Bertz CT molecular complexity index is 431. The Kier molecular flexibility index (Phi) is 6.35. The van der Waals surface area contributed by atoms with Crippen LogP contribution < -0.4 is 5.32 Å². The molecular formula is C13H20N2O3S. The summed E-state index contributed by atoms with van der Waals surface area (Å²) in [5.41, 5.74) is 0. The number of carbonyl (C=O) groups excluding carboxylic acids is 1. The third-order valence-electron chi connectivity index (χ3n) is 2.74. The van der Waals surface area contributed by atoms with E-state index in [2.05, 4.69) is 18.3 Å². The molecule has 0 fully saturated rings. The Balaban J connectivity index is 2.41. The summed E-state index contributed by atoms with van der Waals surface area (Å²) in [5.74, 6) is -0.892. The lowest BCUT2D eigenvalue weighted by molar-refractivity contribution is -0.137. The Hall–Kier alpha value is -1.56. The van der Waals surface area contributed by atoms with E-state index in [1.54, 1.807) is 11.3 Å². The van der Waals surface area contributed by atoms with E-state index in [1.165, 1.54) is 9.78 Å². The highest BCUT2D eigenvalue weighted by Crippen LogP contribution is 2.16. The second kappa shape index (κ2) is 7.78. The molecule has 0 aliphatic carbocycles. The van der Waals surface area contributed by atoms with Crippen molar-refractivity contribution < 1.29 is 14.7 Å². The number of hydrogen-bond donors (Lipinski definition) is 2. The molecule has 1 rings (SSSR count). The lowest BCUT2D eigenvalue weighted by Crippen LogP contribution is -2.40. The minimum Gasteiger partial charge on any atom is -0.481 e. The molecule has 0 atom stereocenters. The summed E-state index contributed by atoms with van der Waals surface area (Å²) < 4.78 is 0. The van der Waals surface area contributed by atoms with Gasteiger partial charge in [-0.15, -0.1) is 11.3 Å². The number of carboxylic acid groups (broad SMARTS) is 1. The molecule has 106 valence electrons. The average Bonchev–Trinajstić information content (AvgIpc) is 2.84. The van der Waals surface area contributed by atoms with Crippen molar-refractivity contribution in [2.45, 2.75) is 33.2 Å². The molecule has 0 spiro atoms. The number of nitrogens with one attached hydrogen (secondary N) is 1. The van der Waals surface area contributed by atoms with Crippen molar-refractivity contribution in [3.05, 3.63) is 21.9 Å². The van der Waals surface area contributed by atoms with Gasteiger partial charge in [0.1, 0.15) is 0 Å². The molecule has 1 heterocycles. The van der Waals surface area contributed by atoms with Gasteiger partial charge in [-0.05, 0) is 25.5 Å². The van der Waals surface area contributed by atoms with Gasteiger partial charge in [0.2, 0.25) is 0 Å². The highest BCUT2D eigenvalue weighted by Gasteiger charge is 2.12. The molecule has 19 heavy (non-hydrogen) atoms. The monoisotopic (exact) mass is 284 g/mol. The van der Waals surface area contributed by atoms with Crippen molar-refractivity contribution in [3.63, 3.8) is 0 Å². The molecule has 0 saturated carbocycles. The molecule has 2 amide bonds. The van der Waals surface area contributed by atoms with Gasteiger partial charge >= 0.3 is 12.0 Å². The van der Waals surface area contributed by atoms with Gasteiger partial charge in [0, 0.05) is 22.8 Å². The fourth-order valence-electron chi connectivity index (χ4n) is 1.62. The zero-order valence-electron chi connectivity index (χ0n) is 11.3. The van der Waals surface area contributed by atoms with Gasteiger partial charge in [0.25, 0.3) is 0 Å². The minimum atomic E-state index is -0.892. The Labute approximate surface area is 117 Å². The van der Waals surface area contributed by atoms with Crippen molar-refractivity contribution in [1.82, 2.24) is 10.2 Å². The SMILES string of the molecule is CCc1ccc(CNC(=O)N(CC)CCC(=O)O)s1. The molecule has 0 radical (unpaired) electrons. The number of thiophene rings is 1. The zero-order valence-corrected chi connectivity index (χ0v) is 12.1. The van der Waals surface area contributed by atoms with E-state index in [1.807, 2.05) is 13.0 Å². The first-order valence-electron chi connectivity index (χ1n) is 6.39. The van der Waals surface area contributed by atoms with E-state index >= 15 is 0 Å². The smallest absolute Gasteiger partial charge is 0.317 e. The Morgan fingerprint density at radius 1 is 1.32 bits per heavy atom. The van der Waals surface area contributed by atoms with Crippen LogP contribution in [0.3, 0.4) is 0 Å². The van der Waals surface area contributed by atoms with Crippen molar-refractivity contribution in [2.24, 2.45) is 0 Å². The molecule has 0 bridgehead atoms. The first-order valence-corrected chi connectivity index (χ1v) is 7.20. The largest absolute Gasteiger partial charge is 0.481 e. The van der Waals surface area contributed by atoms with Crippen LogP contribution in [0, 0.1) is 0 Å². The van der Waals surface area contributed by atoms with E-state index in [0.717, 1.165) is 11.3 Å². The first kappa shape index (κ1) is 15.5. The number of rotatable bonds is 7. The third kappa shape index (κ3) is 5.30. The molecule has 0 aromatic carbocycles. The lowest BCUT2D eigenvalue weighted by atomic mass is 10.3. The number of hydrogen-bond acceptors (Lipinski definition) is 3. The first-order chi connectivity index (χ1) is 9.06. The van der Waals surface area contributed by atoms with Crippen molar-refractivity contribution in [1.29, 1.82) is 0 Å². The summed E-state index contributed by atoms with van der Waals surface area (Å²) in [7, 11) is 0. The van der Waals surface area contributed by atoms with E-state index in [9.17, 15) is 9.59 Å². The topological polar surface area (TPSA) is 69.6 Å². The summed E-state index contributed by atoms with van der Waals surface area (Å²) in [6, 6.07) is 3.86. The predicted octanol–water partition coefficient (Wildman–Crippen LogP) is 2.32. The molecule has 1 aromatic rings. The summed E-state index contributed by atoms with van der Waals surface area (Å²) in [4.78, 5) is 26.3. The van der Waals surface area contributed by atoms with Crippen LogP contribution in [0.4, 0.5) is 4.79 Å². The van der Waals surface area contributed by atoms with Crippen LogP contribution in [0.15, 0.2) is 12.1 Å². The van der Waals surface area contributed by atoms with E-state index in [-0.39, 0.29) is 19.0 Å². The van der Waals surface area contributed by atoms with Gasteiger partial charge < -0.3 is 15.3 Å². The maximum atomic E-state index is 11.9. The quantitative estimate of drug-likeness (QED) is 0.807.